The van der Waals surface area contributed by atoms with Crippen molar-refractivity contribution >= 4 is 34.3 Å². The minimum atomic E-state index is -0.478. The summed E-state index contributed by atoms with van der Waals surface area (Å²) < 4.78 is 5.82. The minimum Gasteiger partial charge on any atom is -0.338 e. The van der Waals surface area contributed by atoms with Crippen LogP contribution in [0.5, 0.6) is 0 Å². The highest BCUT2D eigenvalue weighted by atomic mass is 35.5. The molecule has 2 aromatic heterocycles. The molecule has 1 aromatic carbocycles. The number of benzene rings is 1. The molecule has 2 heterocycles. The molecule has 1 N–H and O–H groups in total. The number of carbonyl (C=O) groups excluding carboxylic acids is 1. The van der Waals surface area contributed by atoms with E-state index in [9.17, 15) is 9.59 Å². The molecule has 1 amide bonds. The van der Waals surface area contributed by atoms with Crippen LogP contribution in [0.1, 0.15) is 5.69 Å². The van der Waals surface area contributed by atoms with E-state index in [0.29, 0.717) is 21.6 Å². The van der Waals surface area contributed by atoms with E-state index in [4.69, 9.17) is 16.1 Å². The second kappa shape index (κ2) is 5.57. The standard InChI is InChI=1S/C13H10ClN5O3/c1-7-4-12(22-17-7)15-11(20)6-19-13(21)9-5-8(14)2-3-10(9)16-18-19/h2-5H,6H2,1H3,(H,15,20). The van der Waals surface area contributed by atoms with Crippen molar-refractivity contribution in [1.29, 1.82) is 0 Å². The van der Waals surface area contributed by atoms with Gasteiger partial charge in [0.15, 0.2) is 0 Å². The largest absolute Gasteiger partial charge is 0.338 e. The Labute approximate surface area is 128 Å². The molecule has 0 unspecified atom stereocenters. The lowest BCUT2D eigenvalue weighted by atomic mass is 10.2. The van der Waals surface area contributed by atoms with Gasteiger partial charge in [-0.05, 0) is 25.1 Å². The van der Waals surface area contributed by atoms with Crippen molar-refractivity contribution in [2.75, 3.05) is 5.32 Å². The molecule has 0 radical (unpaired) electrons. The van der Waals surface area contributed by atoms with Gasteiger partial charge in [0.1, 0.15) is 12.1 Å². The van der Waals surface area contributed by atoms with Crippen LogP contribution in [-0.4, -0.2) is 26.1 Å². The van der Waals surface area contributed by atoms with Gasteiger partial charge >= 0.3 is 0 Å². The number of aryl methyl sites for hydroxylation is 1. The Bertz CT molecular complexity index is 917. The fraction of sp³-hybridized carbons (Fsp3) is 0.154. The molecule has 0 aliphatic heterocycles. The predicted octanol–water partition coefficient (Wildman–Crippen LogP) is 1.38. The van der Waals surface area contributed by atoms with Gasteiger partial charge in [0, 0.05) is 11.1 Å². The fourth-order valence-corrected chi connectivity index (χ4v) is 2.06. The third-order valence-electron chi connectivity index (χ3n) is 2.87. The molecule has 0 atom stereocenters. The van der Waals surface area contributed by atoms with Crippen molar-refractivity contribution in [3.8, 4) is 0 Å². The maximum absolute atomic E-state index is 12.3. The number of nitrogens with one attached hydrogen (secondary N) is 1. The molecular weight excluding hydrogens is 310 g/mol. The van der Waals surface area contributed by atoms with Crippen LogP contribution in [0.3, 0.4) is 0 Å². The van der Waals surface area contributed by atoms with Crippen molar-refractivity contribution in [2.24, 2.45) is 0 Å². The summed E-state index contributed by atoms with van der Waals surface area (Å²) in [6, 6.07) is 6.25. The number of nitrogens with zero attached hydrogens (tertiary/aromatic N) is 4. The smallest absolute Gasteiger partial charge is 0.278 e. The van der Waals surface area contributed by atoms with Crippen LogP contribution in [0.2, 0.25) is 5.02 Å². The van der Waals surface area contributed by atoms with Crippen LogP contribution in [-0.2, 0) is 11.3 Å². The number of aromatic nitrogens is 4. The van der Waals surface area contributed by atoms with Gasteiger partial charge in [-0.15, -0.1) is 5.10 Å². The second-order valence-electron chi connectivity index (χ2n) is 4.59. The number of carbonyl (C=O) groups is 1. The van der Waals surface area contributed by atoms with Gasteiger partial charge in [0.25, 0.3) is 5.56 Å². The average molecular weight is 320 g/mol. The van der Waals surface area contributed by atoms with Gasteiger partial charge in [-0.2, -0.15) is 0 Å². The molecule has 0 bridgehead atoms. The number of halogens is 1. The van der Waals surface area contributed by atoms with E-state index in [1.54, 1.807) is 25.1 Å². The Hall–Kier alpha value is -2.74. The number of amides is 1. The number of rotatable bonds is 3. The molecule has 3 rings (SSSR count). The number of fused-ring (bicyclic) bond motifs is 1. The topological polar surface area (TPSA) is 103 Å². The van der Waals surface area contributed by atoms with Crippen molar-refractivity contribution in [1.82, 2.24) is 20.2 Å². The maximum atomic E-state index is 12.3. The average Bonchev–Trinajstić information content (AvgIpc) is 2.87. The molecule has 0 fully saturated rings. The molecule has 0 aliphatic rings. The summed E-state index contributed by atoms with van der Waals surface area (Å²) in [5.41, 5.74) is 0.598. The molecule has 0 spiro atoms. The van der Waals surface area contributed by atoms with Crippen LogP contribution < -0.4 is 10.9 Å². The van der Waals surface area contributed by atoms with Gasteiger partial charge in [-0.25, -0.2) is 4.68 Å². The third kappa shape index (κ3) is 2.82. The second-order valence-corrected chi connectivity index (χ2v) is 5.03. The number of anilines is 1. The number of hydrogen-bond donors (Lipinski definition) is 1. The Morgan fingerprint density at radius 2 is 2.23 bits per heavy atom. The molecule has 112 valence electrons. The van der Waals surface area contributed by atoms with E-state index in [1.807, 2.05) is 0 Å². The minimum absolute atomic E-state index is 0.201. The van der Waals surface area contributed by atoms with Crippen molar-refractivity contribution in [2.45, 2.75) is 13.5 Å². The summed E-state index contributed by atoms with van der Waals surface area (Å²) >= 11 is 5.86. The molecule has 8 nitrogen and oxygen atoms in total. The zero-order chi connectivity index (χ0) is 15.7. The zero-order valence-electron chi connectivity index (χ0n) is 11.4. The monoisotopic (exact) mass is 319 g/mol. The summed E-state index contributed by atoms with van der Waals surface area (Å²) in [6.45, 7) is 1.43. The van der Waals surface area contributed by atoms with E-state index in [0.717, 1.165) is 4.68 Å². The summed E-state index contributed by atoms with van der Waals surface area (Å²) in [5, 5.41) is 14.4. The summed E-state index contributed by atoms with van der Waals surface area (Å²) in [4.78, 5) is 24.2. The van der Waals surface area contributed by atoms with Crippen LogP contribution in [0, 0.1) is 6.92 Å². The first-order valence-corrected chi connectivity index (χ1v) is 6.67. The molecule has 22 heavy (non-hydrogen) atoms. The normalized spacial score (nSPS) is 10.8. The molecule has 0 saturated heterocycles. The Morgan fingerprint density at radius 3 is 2.95 bits per heavy atom. The van der Waals surface area contributed by atoms with E-state index >= 15 is 0 Å². The Morgan fingerprint density at radius 1 is 1.41 bits per heavy atom. The van der Waals surface area contributed by atoms with Gasteiger partial charge < -0.3 is 4.52 Å². The predicted molar refractivity (Wildman–Crippen MR) is 78.7 cm³/mol. The number of hydrogen-bond acceptors (Lipinski definition) is 6. The van der Waals surface area contributed by atoms with Gasteiger partial charge in [0.2, 0.25) is 11.8 Å². The maximum Gasteiger partial charge on any atom is 0.278 e. The molecular formula is C13H10ClN5O3. The highest BCUT2D eigenvalue weighted by molar-refractivity contribution is 6.31. The quantitative estimate of drug-likeness (QED) is 0.782. The third-order valence-corrected chi connectivity index (χ3v) is 3.10. The van der Waals surface area contributed by atoms with Crippen LogP contribution in [0.25, 0.3) is 10.9 Å². The molecule has 3 aromatic rings. The first-order valence-electron chi connectivity index (χ1n) is 6.29. The molecule has 9 heteroatoms. The van der Waals surface area contributed by atoms with Crippen LogP contribution in [0.4, 0.5) is 5.88 Å². The van der Waals surface area contributed by atoms with E-state index in [2.05, 4.69) is 20.8 Å². The van der Waals surface area contributed by atoms with Crippen LogP contribution >= 0.6 is 11.6 Å². The van der Waals surface area contributed by atoms with Gasteiger partial charge in [0.05, 0.1) is 11.1 Å². The zero-order valence-corrected chi connectivity index (χ0v) is 12.2. The lowest BCUT2D eigenvalue weighted by Crippen LogP contribution is -2.30. The van der Waals surface area contributed by atoms with Crippen molar-refractivity contribution in [3.05, 3.63) is 45.3 Å². The Balaban J connectivity index is 1.86. The summed E-state index contributed by atoms with van der Waals surface area (Å²) in [5.74, 6) is -0.277. The van der Waals surface area contributed by atoms with E-state index in [1.165, 1.54) is 6.07 Å². The fourth-order valence-electron chi connectivity index (χ4n) is 1.89. The van der Waals surface area contributed by atoms with E-state index < -0.39 is 11.5 Å². The van der Waals surface area contributed by atoms with Gasteiger partial charge in [-0.3, -0.25) is 14.9 Å². The van der Waals surface area contributed by atoms with E-state index in [-0.39, 0.29) is 12.4 Å². The van der Waals surface area contributed by atoms with Gasteiger partial charge in [-0.1, -0.05) is 22.0 Å². The highest BCUT2D eigenvalue weighted by Crippen LogP contribution is 2.13. The van der Waals surface area contributed by atoms with Crippen molar-refractivity contribution < 1.29 is 9.32 Å². The first-order chi connectivity index (χ1) is 10.5. The highest BCUT2D eigenvalue weighted by Gasteiger charge is 2.12. The lowest BCUT2D eigenvalue weighted by Gasteiger charge is -2.04. The molecule has 0 aliphatic carbocycles. The summed E-state index contributed by atoms with van der Waals surface area (Å²) in [6.07, 6.45) is 0. The Kier molecular flexibility index (Phi) is 3.60. The first kappa shape index (κ1) is 14.2. The van der Waals surface area contributed by atoms with Crippen molar-refractivity contribution in [3.63, 3.8) is 0 Å². The van der Waals surface area contributed by atoms with Crippen LogP contribution in [0.15, 0.2) is 33.6 Å². The lowest BCUT2D eigenvalue weighted by molar-refractivity contribution is -0.117. The molecule has 0 saturated carbocycles. The SMILES string of the molecule is Cc1cc(NC(=O)Cn2nnc3ccc(Cl)cc3c2=O)on1. The summed E-state index contributed by atoms with van der Waals surface area (Å²) in [7, 11) is 0.